The largest absolute Gasteiger partial charge is 0.334 e. The van der Waals surface area contributed by atoms with Crippen molar-refractivity contribution in [2.45, 2.75) is 6.92 Å². The van der Waals surface area contributed by atoms with Crippen LogP contribution in [0.5, 0.6) is 0 Å². The molecule has 1 amide bonds. The van der Waals surface area contributed by atoms with Gasteiger partial charge in [-0.05, 0) is 24.3 Å². The third-order valence-corrected chi connectivity index (χ3v) is 2.18. The molecule has 0 saturated heterocycles. The Labute approximate surface area is 107 Å². The zero-order chi connectivity index (χ0) is 13.8. The van der Waals surface area contributed by atoms with Crippen LogP contribution < -0.4 is 10.6 Å². The third-order valence-electron chi connectivity index (χ3n) is 2.18. The van der Waals surface area contributed by atoms with Gasteiger partial charge in [-0.3, -0.25) is 4.79 Å². The van der Waals surface area contributed by atoms with Crippen LogP contribution in [0.1, 0.15) is 6.92 Å². The SMILES string of the molecule is CC(=O)Nc1ccc(Nc2c(F)cccc2F)nn1. The number of benzene rings is 1. The van der Waals surface area contributed by atoms with Crippen molar-refractivity contribution >= 4 is 23.2 Å². The average molecular weight is 264 g/mol. The van der Waals surface area contributed by atoms with Crippen LogP contribution in [0.2, 0.25) is 0 Å². The number of carbonyl (C=O) groups is 1. The van der Waals surface area contributed by atoms with Gasteiger partial charge in [0, 0.05) is 6.92 Å². The average Bonchev–Trinajstić information content (AvgIpc) is 2.35. The van der Waals surface area contributed by atoms with Gasteiger partial charge in [0.1, 0.15) is 17.3 Å². The third kappa shape index (κ3) is 3.21. The zero-order valence-corrected chi connectivity index (χ0v) is 9.95. The van der Waals surface area contributed by atoms with Crippen LogP contribution in [-0.2, 0) is 4.79 Å². The standard InChI is InChI=1S/C12H10F2N4O/c1-7(19)15-10-5-6-11(18-17-10)16-12-8(13)3-2-4-9(12)14/h2-6H,1H3,(H,16,18)(H,15,17,19). The topological polar surface area (TPSA) is 66.9 Å². The van der Waals surface area contributed by atoms with E-state index < -0.39 is 11.6 Å². The Morgan fingerprint density at radius 2 is 1.63 bits per heavy atom. The number of hydrogen-bond donors (Lipinski definition) is 2. The number of rotatable bonds is 3. The summed E-state index contributed by atoms with van der Waals surface area (Å²) < 4.78 is 26.8. The lowest BCUT2D eigenvalue weighted by Crippen LogP contribution is -2.08. The highest BCUT2D eigenvalue weighted by molar-refractivity contribution is 5.87. The van der Waals surface area contributed by atoms with Crippen LogP contribution in [0.3, 0.4) is 0 Å². The minimum absolute atomic E-state index is 0.165. The van der Waals surface area contributed by atoms with E-state index in [0.29, 0.717) is 0 Å². The Bertz CT molecular complexity index is 581. The van der Waals surface area contributed by atoms with E-state index >= 15 is 0 Å². The van der Waals surface area contributed by atoms with Crippen LogP contribution in [0.4, 0.5) is 26.1 Å². The van der Waals surface area contributed by atoms with Crippen LogP contribution in [0.15, 0.2) is 30.3 Å². The van der Waals surface area contributed by atoms with E-state index in [4.69, 9.17) is 0 Å². The Morgan fingerprint density at radius 1 is 1.05 bits per heavy atom. The fraction of sp³-hybridized carbons (Fsp3) is 0.0833. The van der Waals surface area contributed by atoms with E-state index in [2.05, 4.69) is 20.8 Å². The van der Waals surface area contributed by atoms with Gasteiger partial charge in [0.2, 0.25) is 5.91 Å². The quantitative estimate of drug-likeness (QED) is 0.893. The van der Waals surface area contributed by atoms with Gasteiger partial charge in [0.15, 0.2) is 11.6 Å². The molecule has 0 bridgehead atoms. The van der Waals surface area contributed by atoms with Gasteiger partial charge in [-0.1, -0.05) is 6.07 Å². The highest BCUT2D eigenvalue weighted by Gasteiger charge is 2.09. The van der Waals surface area contributed by atoms with Gasteiger partial charge >= 0.3 is 0 Å². The molecule has 0 atom stereocenters. The summed E-state index contributed by atoms with van der Waals surface area (Å²) in [5, 5.41) is 12.3. The Morgan fingerprint density at radius 3 is 2.16 bits per heavy atom. The molecule has 0 radical (unpaired) electrons. The van der Waals surface area contributed by atoms with E-state index in [-0.39, 0.29) is 23.2 Å². The fourth-order valence-corrected chi connectivity index (χ4v) is 1.39. The summed E-state index contributed by atoms with van der Waals surface area (Å²) in [7, 11) is 0. The lowest BCUT2D eigenvalue weighted by Gasteiger charge is -2.07. The maximum Gasteiger partial charge on any atom is 0.222 e. The number of carbonyl (C=O) groups excluding carboxylic acids is 1. The first-order valence-corrected chi connectivity index (χ1v) is 5.38. The van der Waals surface area contributed by atoms with Crippen molar-refractivity contribution in [3.8, 4) is 0 Å². The number of nitrogens with one attached hydrogen (secondary N) is 2. The molecule has 5 nitrogen and oxygen atoms in total. The molecule has 1 aromatic carbocycles. The summed E-state index contributed by atoms with van der Waals surface area (Å²) in [6.45, 7) is 1.34. The second-order valence-electron chi connectivity index (χ2n) is 3.71. The molecule has 0 saturated carbocycles. The number of hydrogen-bond acceptors (Lipinski definition) is 4. The normalized spacial score (nSPS) is 10.1. The number of halogens is 2. The molecule has 98 valence electrons. The molecule has 2 N–H and O–H groups in total. The monoisotopic (exact) mass is 264 g/mol. The maximum absolute atomic E-state index is 13.4. The first kappa shape index (κ1) is 12.9. The van der Waals surface area contributed by atoms with Crippen molar-refractivity contribution in [3.05, 3.63) is 42.0 Å². The lowest BCUT2D eigenvalue weighted by atomic mass is 10.3. The molecule has 19 heavy (non-hydrogen) atoms. The van der Waals surface area contributed by atoms with E-state index in [1.807, 2.05) is 0 Å². The van der Waals surface area contributed by atoms with E-state index in [1.165, 1.54) is 25.1 Å². The maximum atomic E-state index is 13.4. The molecular formula is C12H10F2N4O. The molecule has 0 unspecified atom stereocenters. The first-order valence-electron chi connectivity index (χ1n) is 5.38. The summed E-state index contributed by atoms with van der Waals surface area (Å²) in [5.74, 6) is -1.32. The van der Waals surface area contributed by atoms with Gasteiger partial charge in [0.05, 0.1) is 0 Å². The molecular weight excluding hydrogens is 254 g/mol. The molecule has 7 heteroatoms. The Kier molecular flexibility index (Phi) is 3.65. The molecule has 0 aliphatic rings. The minimum Gasteiger partial charge on any atom is -0.334 e. The molecule has 2 rings (SSSR count). The second kappa shape index (κ2) is 5.38. The molecule has 1 aromatic heterocycles. The summed E-state index contributed by atoms with van der Waals surface area (Å²) >= 11 is 0. The summed E-state index contributed by atoms with van der Waals surface area (Å²) in [4.78, 5) is 10.8. The van der Waals surface area contributed by atoms with E-state index in [9.17, 15) is 13.6 Å². The van der Waals surface area contributed by atoms with Gasteiger partial charge < -0.3 is 10.6 Å². The van der Waals surface area contributed by atoms with Crippen molar-refractivity contribution in [2.24, 2.45) is 0 Å². The number of amides is 1. The van der Waals surface area contributed by atoms with Gasteiger partial charge in [-0.2, -0.15) is 0 Å². The summed E-state index contributed by atoms with van der Waals surface area (Å²) in [6.07, 6.45) is 0. The smallest absolute Gasteiger partial charge is 0.222 e. The van der Waals surface area contributed by atoms with Crippen molar-refractivity contribution in [2.75, 3.05) is 10.6 Å². The van der Waals surface area contributed by atoms with Crippen molar-refractivity contribution in [1.29, 1.82) is 0 Å². The van der Waals surface area contributed by atoms with Gasteiger partial charge in [0.25, 0.3) is 0 Å². The van der Waals surface area contributed by atoms with Crippen molar-refractivity contribution < 1.29 is 13.6 Å². The molecule has 1 heterocycles. The van der Waals surface area contributed by atoms with Crippen LogP contribution >= 0.6 is 0 Å². The predicted molar refractivity (Wildman–Crippen MR) is 66.0 cm³/mol. The van der Waals surface area contributed by atoms with Gasteiger partial charge in [-0.15, -0.1) is 10.2 Å². The van der Waals surface area contributed by atoms with Crippen LogP contribution in [0, 0.1) is 11.6 Å². The fourth-order valence-electron chi connectivity index (χ4n) is 1.39. The zero-order valence-electron chi connectivity index (χ0n) is 9.95. The van der Waals surface area contributed by atoms with Crippen LogP contribution in [0.25, 0.3) is 0 Å². The molecule has 0 spiro atoms. The van der Waals surface area contributed by atoms with Crippen LogP contribution in [-0.4, -0.2) is 16.1 Å². The number of para-hydroxylation sites is 1. The van der Waals surface area contributed by atoms with Gasteiger partial charge in [-0.25, -0.2) is 8.78 Å². The Balaban J connectivity index is 2.18. The minimum atomic E-state index is -0.729. The van der Waals surface area contributed by atoms with Crippen molar-refractivity contribution in [1.82, 2.24) is 10.2 Å². The van der Waals surface area contributed by atoms with E-state index in [1.54, 1.807) is 0 Å². The molecule has 0 fully saturated rings. The second-order valence-corrected chi connectivity index (χ2v) is 3.71. The highest BCUT2D eigenvalue weighted by atomic mass is 19.1. The number of aromatic nitrogens is 2. The highest BCUT2D eigenvalue weighted by Crippen LogP contribution is 2.21. The molecule has 0 aliphatic carbocycles. The first-order chi connectivity index (χ1) is 9.06. The molecule has 0 aliphatic heterocycles. The lowest BCUT2D eigenvalue weighted by molar-refractivity contribution is -0.114. The predicted octanol–water partition coefficient (Wildman–Crippen LogP) is 2.46. The van der Waals surface area contributed by atoms with E-state index in [0.717, 1.165) is 12.1 Å². The molecule has 2 aromatic rings. The summed E-state index contributed by atoms with van der Waals surface area (Å²) in [5.41, 5.74) is -0.302. The number of anilines is 3. The van der Waals surface area contributed by atoms with Crippen molar-refractivity contribution in [3.63, 3.8) is 0 Å². The summed E-state index contributed by atoms with van der Waals surface area (Å²) in [6, 6.07) is 6.44. The Hall–Kier alpha value is -2.57. The number of nitrogens with zero attached hydrogens (tertiary/aromatic N) is 2.